The largest absolute Gasteiger partial charge is 0.373 e. The van der Waals surface area contributed by atoms with Crippen molar-refractivity contribution >= 4 is 30.7 Å². The average Bonchev–Trinajstić information content (AvgIpc) is 2.54. The van der Waals surface area contributed by atoms with E-state index in [1.54, 1.807) is 0 Å². The number of nitrogens with two attached hydrogens (primary N) is 1. The quantitative estimate of drug-likeness (QED) is 0.651. The van der Waals surface area contributed by atoms with Gasteiger partial charge in [-0.25, -0.2) is 0 Å². The van der Waals surface area contributed by atoms with Crippen LogP contribution in [-0.4, -0.2) is 55.2 Å². The van der Waals surface area contributed by atoms with Crippen molar-refractivity contribution in [3.8, 4) is 0 Å². The molecule has 26 heavy (non-hydrogen) atoms. The van der Waals surface area contributed by atoms with E-state index in [1.165, 1.54) is 0 Å². The predicted octanol–water partition coefficient (Wildman–Crippen LogP) is 2.41. The molecule has 1 aromatic carbocycles. The van der Waals surface area contributed by atoms with Crippen LogP contribution in [0.3, 0.4) is 0 Å². The fourth-order valence-electron chi connectivity index (χ4n) is 3.23. The summed E-state index contributed by atoms with van der Waals surface area (Å²) in [6.45, 7) is 7.99. The Bertz CT molecular complexity index is 495. The number of ether oxygens (including phenoxy) is 1. The number of unbranched alkanes of at least 4 members (excludes halogenated alkanes) is 1. The Labute approximate surface area is 169 Å². The van der Waals surface area contributed by atoms with Crippen LogP contribution in [-0.2, 0) is 16.0 Å². The predicted molar refractivity (Wildman–Crippen MR) is 111 cm³/mol. The number of hydrogen-bond donors (Lipinski definition) is 2. The van der Waals surface area contributed by atoms with Gasteiger partial charge in [-0.15, -0.1) is 24.8 Å². The van der Waals surface area contributed by atoms with Crippen LogP contribution in [0.5, 0.6) is 0 Å². The highest BCUT2D eigenvalue weighted by Crippen LogP contribution is 2.11. The zero-order valence-electron chi connectivity index (χ0n) is 15.7. The van der Waals surface area contributed by atoms with E-state index in [2.05, 4.69) is 24.1 Å². The zero-order valence-corrected chi connectivity index (χ0v) is 17.4. The van der Waals surface area contributed by atoms with Crippen LogP contribution in [0.15, 0.2) is 30.3 Å². The minimum atomic E-state index is -0.478. The monoisotopic (exact) mass is 405 g/mol. The SMILES string of the molecule is CC1CN(CCCCNC(=O)C(N)Cc2ccccc2)CC(C)O1.Cl.Cl. The zero-order chi connectivity index (χ0) is 17.4. The number of benzene rings is 1. The van der Waals surface area contributed by atoms with Gasteiger partial charge in [0.15, 0.2) is 0 Å². The van der Waals surface area contributed by atoms with Gasteiger partial charge in [0.25, 0.3) is 0 Å². The third-order valence-electron chi connectivity index (χ3n) is 4.33. The topological polar surface area (TPSA) is 67.6 Å². The number of halogens is 2. The van der Waals surface area contributed by atoms with Crippen LogP contribution in [0.1, 0.15) is 32.3 Å². The molecule has 0 radical (unpaired) electrons. The van der Waals surface area contributed by atoms with Crippen LogP contribution >= 0.6 is 24.8 Å². The number of rotatable bonds is 8. The Hall–Kier alpha value is -0.850. The molecule has 2 rings (SSSR count). The summed E-state index contributed by atoms with van der Waals surface area (Å²) in [5, 5.41) is 2.95. The summed E-state index contributed by atoms with van der Waals surface area (Å²) >= 11 is 0. The molecule has 0 aliphatic carbocycles. The second-order valence-corrected chi connectivity index (χ2v) is 6.81. The summed E-state index contributed by atoms with van der Waals surface area (Å²) in [4.78, 5) is 14.5. The van der Waals surface area contributed by atoms with E-state index in [9.17, 15) is 4.79 Å². The summed E-state index contributed by atoms with van der Waals surface area (Å²) in [6, 6.07) is 9.41. The average molecular weight is 406 g/mol. The Morgan fingerprint density at radius 3 is 2.42 bits per heavy atom. The first-order chi connectivity index (χ1) is 11.5. The molecule has 1 saturated heterocycles. The number of morpholine rings is 1. The highest BCUT2D eigenvalue weighted by atomic mass is 35.5. The first-order valence-corrected chi connectivity index (χ1v) is 8.99. The van der Waals surface area contributed by atoms with Crippen molar-refractivity contribution in [2.45, 2.75) is 51.4 Å². The van der Waals surface area contributed by atoms with E-state index in [0.717, 1.165) is 38.0 Å². The maximum absolute atomic E-state index is 12.0. The van der Waals surface area contributed by atoms with Crippen molar-refractivity contribution in [1.29, 1.82) is 0 Å². The van der Waals surface area contributed by atoms with Gasteiger partial charge >= 0.3 is 0 Å². The van der Waals surface area contributed by atoms with Gasteiger partial charge in [-0.1, -0.05) is 30.3 Å². The Morgan fingerprint density at radius 1 is 1.19 bits per heavy atom. The number of nitrogens with zero attached hydrogens (tertiary/aromatic N) is 1. The van der Waals surface area contributed by atoms with Gasteiger partial charge in [0.2, 0.25) is 5.91 Å². The molecule has 1 fully saturated rings. The van der Waals surface area contributed by atoms with Crippen LogP contribution in [0.25, 0.3) is 0 Å². The molecule has 1 aromatic rings. The molecule has 3 unspecified atom stereocenters. The number of carbonyl (C=O) groups is 1. The Morgan fingerprint density at radius 2 is 1.81 bits per heavy atom. The van der Waals surface area contributed by atoms with Gasteiger partial charge in [-0.05, 0) is 45.2 Å². The second-order valence-electron chi connectivity index (χ2n) is 6.81. The highest BCUT2D eigenvalue weighted by Gasteiger charge is 2.21. The number of hydrogen-bond acceptors (Lipinski definition) is 4. The second kappa shape index (κ2) is 13.3. The molecule has 150 valence electrons. The molecular formula is C19H33Cl2N3O2. The maximum atomic E-state index is 12.0. The van der Waals surface area contributed by atoms with Gasteiger partial charge in [0.1, 0.15) is 0 Å². The number of amides is 1. The standard InChI is InChI=1S/C19H31N3O2.2ClH/c1-15-13-22(14-16(2)24-15)11-7-6-10-21-19(23)18(20)12-17-8-4-3-5-9-17;;/h3-5,8-9,15-16,18H,6-7,10-14,20H2,1-2H3,(H,21,23);2*1H. The third-order valence-corrected chi connectivity index (χ3v) is 4.33. The lowest BCUT2D eigenvalue weighted by atomic mass is 10.1. The van der Waals surface area contributed by atoms with Gasteiger partial charge in [-0.2, -0.15) is 0 Å². The summed E-state index contributed by atoms with van der Waals surface area (Å²) in [5.74, 6) is -0.0625. The fourth-order valence-corrected chi connectivity index (χ4v) is 3.23. The summed E-state index contributed by atoms with van der Waals surface area (Å²) in [5.41, 5.74) is 7.07. The van der Waals surface area contributed by atoms with Crippen molar-refractivity contribution in [3.63, 3.8) is 0 Å². The van der Waals surface area contributed by atoms with Gasteiger partial charge in [-0.3, -0.25) is 9.69 Å². The lowest BCUT2D eigenvalue weighted by molar-refractivity contribution is -0.122. The van der Waals surface area contributed by atoms with E-state index in [0.29, 0.717) is 25.2 Å². The molecule has 1 aliphatic rings. The molecule has 0 saturated carbocycles. The lowest BCUT2D eigenvalue weighted by Gasteiger charge is -2.35. The highest BCUT2D eigenvalue weighted by molar-refractivity contribution is 5.85. The molecule has 0 bridgehead atoms. The summed E-state index contributed by atoms with van der Waals surface area (Å²) < 4.78 is 5.74. The molecule has 0 spiro atoms. The van der Waals surface area contributed by atoms with Crippen LogP contribution in [0.2, 0.25) is 0 Å². The van der Waals surface area contributed by atoms with Crippen LogP contribution in [0.4, 0.5) is 0 Å². The molecule has 1 amide bonds. The van der Waals surface area contributed by atoms with Crippen molar-refractivity contribution in [2.75, 3.05) is 26.2 Å². The van der Waals surface area contributed by atoms with Crippen molar-refractivity contribution < 1.29 is 9.53 Å². The molecule has 5 nitrogen and oxygen atoms in total. The van der Waals surface area contributed by atoms with Crippen LogP contribution < -0.4 is 11.1 Å². The minimum absolute atomic E-state index is 0. The Kier molecular flexibility index (Phi) is 12.9. The number of carbonyl (C=O) groups excluding carboxylic acids is 1. The van der Waals surface area contributed by atoms with Gasteiger partial charge in [0, 0.05) is 19.6 Å². The molecular weight excluding hydrogens is 373 g/mol. The van der Waals surface area contributed by atoms with Crippen molar-refractivity contribution in [3.05, 3.63) is 35.9 Å². The molecule has 0 aromatic heterocycles. The van der Waals surface area contributed by atoms with E-state index < -0.39 is 6.04 Å². The number of nitrogens with one attached hydrogen (secondary N) is 1. The third kappa shape index (κ3) is 9.19. The molecule has 3 atom stereocenters. The molecule has 1 heterocycles. The molecule has 3 N–H and O–H groups in total. The first-order valence-electron chi connectivity index (χ1n) is 8.99. The lowest BCUT2D eigenvalue weighted by Crippen LogP contribution is -2.46. The van der Waals surface area contributed by atoms with E-state index in [-0.39, 0.29) is 30.7 Å². The summed E-state index contributed by atoms with van der Waals surface area (Å²) in [6.07, 6.45) is 3.25. The van der Waals surface area contributed by atoms with E-state index in [1.807, 2.05) is 30.3 Å². The maximum Gasteiger partial charge on any atom is 0.237 e. The fraction of sp³-hybridized carbons (Fsp3) is 0.632. The summed E-state index contributed by atoms with van der Waals surface area (Å²) in [7, 11) is 0. The van der Waals surface area contributed by atoms with Gasteiger partial charge < -0.3 is 15.8 Å². The van der Waals surface area contributed by atoms with E-state index >= 15 is 0 Å². The van der Waals surface area contributed by atoms with Crippen molar-refractivity contribution in [2.24, 2.45) is 5.73 Å². The first kappa shape index (κ1) is 25.1. The van der Waals surface area contributed by atoms with Crippen molar-refractivity contribution in [1.82, 2.24) is 10.2 Å². The van der Waals surface area contributed by atoms with Crippen LogP contribution in [0, 0.1) is 0 Å². The molecule has 1 aliphatic heterocycles. The molecule has 7 heteroatoms. The minimum Gasteiger partial charge on any atom is -0.373 e. The van der Waals surface area contributed by atoms with Gasteiger partial charge in [0.05, 0.1) is 18.2 Å². The smallest absolute Gasteiger partial charge is 0.237 e. The Balaban J connectivity index is 0.00000312. The van der Waals surface area contributed by atoms with E-state index in [4.69, 9.17) is 10.5 Å². The normalized spacial score (nSPS) is 21.2.